The highest BCUT2D eigenvalue weighted by Gasteiger charge is 2.15. The second kappa shape index (κ2) is 9.55. The first-order valence-electron chi connectivity index (χ1n) is 7.73. The lowest BCUT2D eigenvalue weighted by Crippen LogP contribution is -2.16. The third kappa shape index (κ3) is 5.30. The summed E-state index contributed by atoms with van der Waals surface area (Å²) >= 11 is 6.00. The second-order valence-corrected chi connectivity index (χ2v) is 5.51. The van der Waals surface area contributed by atoms with Gasteiger partial charge in [-0.2, -0.15) is 0 Å². The zero-order valence-electron chi connectivity index (χ0n) is 14.0. The molecular formula is C18H18ClN3O4. The molecule has 0 bridgehead atoms. The summed E-state index contributed by atoms with van der Waals surface area (Å²) in [6.07, 6.45) is 0. The minimum atomic E-state index is -0.666. The van der Waals surface area contributed by atoms with Crippen LogP contribution in [0.2, 0.25) is 5.02 Å². The first-order chi connectivity index (χ1) is 12.5. The summed E-state index contributed by atoms with van der Waals surface area (Å²) in [7, 11) is 0. The second-order valence-electron chi connectivity index (χ2n) is 5.11. The summed E-state index contributed by atoms with van der Waals surface area (Å²) in [6.45, 7) is 1.25. The lowest BCUT2D eigenvalue weighted by atomic mass is 10.2. The fourth-order valence-electron chi connectivity index (χ4n) is 1.95. The number of nitrogens with one attached hydrogen (secondary N) is 1. The molecule has 136 valence electrons. The van der Waals surface area contributed by atoms with E-state index in [1.54, 1.807) is 48.5 Å². The van der Waals surface area contributed by atoms with E-state index in [4.69, 9.17) is 21.4 Å². The number of aliphatic hydroxyl groups is 2. The molecule has 0 aliphatic rings. The van der Waals surface area contributed by atoms with Gasteiger partial charge in [-0.25, -0.2) is 0 Å². The van der Waals surface area contributed by atoms with Crippen LogP contribution in [0, 0.1) is 0 Å². The Hall–Kier alpha value is -2.90. The molecule has 0 unspecified atom stereocenters. The van der Waals surface area contributed by atoms with Crippen molar-refractivity contribution >= 4 is 28.9 Å². The molecule has 8 heteroatoms. The van der Waals surface area contributed by atoms with Crippen LogP contribution < -0.4 is 10.1 Å². The minimum absolute atomic E-state index is 0.0841. The molecule has 7 nitrogen and oxygen atoms in total. The number of carbonyl (C=O) groups is 1. The molecule has 0 aliphatic carbocycles. The highest BCUT2D eigenvalue weighted by atomic mass is 35.5. The molecule has 2 aromatic rings. The highest BCUT2D eigenvalue weighted by molar-refractivity contribution is 6.32. The van der Waals surface area contributed by atoms with E-state index in [1.165, 1.54) is 6.92 Å². The Labute approximate surface area is 155 Å². The van der Waals surface area contributed by atoms with Gasteiger partial charge in [0.05, 0.1) is 17.3 Å². The number of amides is 1. The number of azo groups is 1. The molecule has 0 atom stereocenters. The molecule has 2 rings (SSSR count). The van der Waals surface area contributed by atoms with Gasteiger partial charge in [-0.15, -0.1) is 10.2 Å². The topological polar surface area (TPSA) is 104 Å². The van der Waals surface area contributed by atoms with Gasteiger partial charge in [-0.05, 0) is 31.2 Å². The van der Waals surface area contributed by atoms with Crippen molar-refractivity contribution in [3.05, 3.63) is 65.0 Å². The van der Waals surface area contributed by atoms with Crippen molar-refractivity contribution < 1.29 is 19.7 Å². The molecule has 1 amide bonds. The predicted octanol–water partition coefficient (Wildman–Crippen LogP) is 4.22. The third-order valence-corrected chi connectivity index (χ3v) is 3.47. The van der Waals surface area contributed by atoms with Crippen LogP contribution in [0.5, 0.6) is 5.75 Å². The van der Waals surface area contributed by atoms with Crippen LogP contribution >= 0.6 is 11.6 Å². The SMILES string of the molecule is CC(O)=C(N=Nc1ccccc1Cl)C(=O)Nc1ccccc1OCCO. The lowest BCUT2D eigenvalue weighted by Gasteiger charge is -2.11. The third-order valence-electron chi connectivity index (χ3n) is 3.15. The summed E-state index contributed by atoms with van der Waals surface area (Å²) in [5.74, 6) is -0.583. The number of allylic oxidation sites excluding steroid dienone is 1. The van der Waals surface area contributed by atoms with Crippen molar-refractivity contribution in [2.24, 2.45) is 10.2 Å². The van der Waals surface area contributed by atoms with Gasteiger partial charge in [0, 0.05) is 0 Å². The Morgan fingerprint density at radius 3 is 2.58 bits per heavy atom. The zero-order valence-corrected chi connectivity index (χ0v) is 14.8. The molecular weight excluding hydrogens is 358 g/mol. The number of aliphatic hydroxyl groups excluding tert-OH is 2. The van der Waals surface area contributed by atoms with Crippen LogP contribution in [-0.4, -0.2) is 29.3 Å². The Morgan fingerprint density at radius 2 is 1.88 bits per heavy atom. The molecule has 0 heterocycles. The molecule has 0 fully saturated rings. The van der Waals surface area contributed by atoms with Crippen molar-refractivity contribution in [2.45, 2.75) is 6.92 Å². The number of nitrogens with zero attached hydrogens (tertiary/aromatic N) is 2. The van der Waals surface area contributed by atoms with Crippen LogP contribution in [0.15, 0.2) is 70.2 Å². The number of hydrogen-bond donors (Lipinski definition) is 3. The Morgan fingerprint density at radius 1 is 1.19 bits per heavy atom. The van der Waals surface area contributed by atoms with E-state index >= 15 is 0 Å². The predicted molar refractivity (Wildman–Crippen MR) is 98.9 cm³/mol. The smallest absolute Gasteiger partial charge is 0.279 e. The van der Waals surface area contributed by atoms with Gasteiger partial charge in [0.2, 0.25) is 0 Å². The number of hydrogen-bond acceptors (Lipinski definition) is 6. The maximum absolute atomic E-state index is 12.5. The number of halogens is 1. The summed E-state index contributed by atoms with van der Waals surface area (Å²) in [6, 6.07) is 13.4. The molecule has 0 aliphatic heterocycles. The largest absolute Gasteiger partial charge is 0.510 e. The molecule has 0 spiro atoms. The average molecular weight is 376 g/mol. The molecule has 26 heavy (non-hydrogen) atoms. The van der Waals surface area contributed by atoms with E-state index in [0.717, 1.165) is 0 Å². The van der Waals surface area contributed by atoms with Gasteiger partial charge in [0.15, 0.2) is 5.70 Å². The van der Waals surface area contributed by atoms with Crippen LogP contribution in [-0.2, 0) is 4.79 Å². The zero-order chi connectivity index (χ0) is 18.9. The molecule has 2 aromatic carbocycles. The van der Waals surface area contributed by atoms with E-state index < -0.39 is 5.91 Å². The van der Waals surface area contributed by atoms with Gasteiger partial charge in [0.25, 0.3) is 5.91 Å². The number of ether oxygens (including phenoxy) is 1. The van der Waals surface area contributed by atoms with Gasteiger partial charge >= 0.3 is 0 Å². The maximum Gasteiger partial charge on any atom is 0.279 e. The van der Waals surface area contributed by atoms with Gasteiger partial charge < -0.3 is 20.3 Å². The highest BCUT2D eigenvalue weighted by Crippen LogP contribution is 2.27. The van der Waals surface area contributed by atoms with E-state index in [2.05, 4.69) is 15.5 Å². The summed E-state index contributed by atoms with van der Waals surface area (Å²) in [5.41, 5.74) is 0.479. The molecule has 3 N–H and O–H groups in total. The van der Waals surface area contributed by atoms with Crippen LogP contribution in [0.25, 0.3) is 0 Å². The summed E-state index contributed by atoms with van der Waals surface area (Å²) < 4.78 is 5.36. The average Bonchev–Trinajstić information content (AvgIpc) is 2.62. The monoisotopic (exact) mass is 375 g/mol. The normalized spacial score (nSPS) is 12.0. The summed E-state index contributed by atoms with van der Waals surface area (Å²) in [5, 5.41) is 29.4. The number of benzene rings is 2. The van der Waals surface area contributed by atoms with Gasteiger partial charge in [-0.1, -0.05) is 35.9 Å². The van der Waals surface area contributed by atoms with E-state index in [9.17, 15) is 9.90 Å². The molecule has 0 aromatic heterocycles. The van der Waals surface area contributed by atoms with Crippen LogP contribution in [0.4, 0.5) is 11.4 Å². The number of carbonyl (C=O) groups excluding carboxylic acids is 1. The fraction of sp³-hybridized carbons (Fsp3) is 0.167. The quantitative estimate of drug-likeness (QED) is 0.383. The summed E-state index contributed by atoms with van der Waals surface area (Å²) in [4.78, 5) is 12.5. The van der Waals surface area contributed by atoms with Crippen molar-refractivity contribution in [3.63, 3.8) is 0 Å². The molecule has 0 radical (unpaired) electrons. The minimum Gasteiger partial charge on any atom is -0.510 e. The number of rotatable bonds is 7. The first kappa shape index (κ1) is 19.4. The van der Waals surface area contributed by atoms with Gasteiger partial charge in [0.1, 0.15) is 23.8 Å². The number of para-hydroxylation sites is 2. The molecule has 0 saturated heterocycles. The standard InChI is InChI=1S/C18H18ClN3O4/c1-12(24)17(22-21-14-7-3-2-6-13(14)19)18(25)20-15-8-4-5-9-16(15)26-11-10-23/h2-9,23-24H,10-11H2,1H3,(H,20,25). The molecule has 0 saturated carbocycles. The van der Waals surface area contributed by atoms with Crippen molar-refractivity contribution in [1.82, 2.24) is 0 Å². The van der Waals surface area contributed by atoms with Gasteiger partial charge in [-0.3, -0.25) is 4.79 Å². The van der Waals surface area contributed by atoms with Crippen molar-refractivity contribution in [3.8, 4) is 5.75 Å². The van der Waals surface area contributed by atoms with Crippen LogP contribution in [0.1, 0.15) is 6.92 Å². The van der Waals surface area contributed by atoms with E-state index in [1.807, 2.05) is 0 Å². The van der Waals surface area contributed by atoms with Crippen molar-refractivity contribution in [2.75, 3.05) is 18.5 Å². The maximum atomic E-state index is 12.5. The van der Waals surface area contributed by atoms with Crippen LogP contribution in [0.3, 0.4) is 0 Å². The Kier molecular flexibility index (Phi) is 7.13. The Balaban J connectivity index is 2.21. The first-order valence-corrected chi connectivity index (χ1v) is 8.11. The Bertz CT molecular complexity index is 833. The fourth-order valence-corrected chi connectivity index (χ4v) is 2.13. The van der Waals surface area contributed by atoms with E-state index in [-0.39, 0.29) is 24.7 Å². The number of anilines is 1. The van der Waals surface area contributed by atoms with E-state index in [0.29, 0.717) is 22.1 Å². The lowest BCUT2D eigenvalue weighted by molar-refractivity contribution is -0.113. The van der Waals surface area contributed by atoms with Crippen molar-refractivity contribution in [1.29, 1.82) is 0 Å².